The summed E-state index contributed by atoms with van der Waals surface area (Å²) in [4.78, 5) is 21.3. The topological polar surface area (TPSA) is 66.4 Å². The number of carbonyl (C=O) groups excluding carboxylic acids is 1. The standard InChI is InChI=1S/C11H10F3NO3/c12-7-2-1-6(10(13)11(7)14)5-15-8(16)3-4-9(17)18/h1-2H,3-5H2,(H,15,16)(H,17,18). The summed E-state index contributed by atoms with van der Waals surface area (Å²) in [6.45, 7) is -0.332. The molecule has 98 valence electrons. The molecule has 0 spiro atoms. The van der Waals surface area contributed by atoms with Crippen LogP contribution in [0.15, 0.2) is 12.1 Å². The lowest BCUT2D eigenvalue weighted by Gasteiger charge is -2.06. The molecule has 0 heterocycles. The van der Waals surface area contributed by atoms with Gasteiger partial charge < -0.3 is 10.4 Å². The van der Waals surface area contributed by atoms with Crippen molar-refractivity contribution in [2.75, 3.05) is 0 Å². The second kappa shape index (κ2) is 6.04. The Hall–Kier alpha value is -2.05. The van der Waals surface area contributed by atoms with Crippen molar-refractivity contribution >= 4 is 11.9 Å². The summed E-state index contributed by atoms with van der Waals surface area (Å²) in [5.74, 6) is -6.03. The molecule has 4 nitrogen and oxygen atoms in total. The van der Waals surface area contributed by atoms with E-state index in [0.717, 1.165) is 12.1 Å². The number of halogens is 3. The number of carbonyl (C=O) groups is 2. The largest absolute Gasteiger partial charge is 0.481 e. The molecule has 0 fully saturated rings. The highest BCUT2D eigenvalue weighted by Gasteiger charge is 2.14. The van der Waals surface area contributed by atoms with Crippen LogP contribution in [0.3, 0.4) is 0 Å². The summed E-state index contributed by atoms with van der Waals surface area (Å²) < 4.78 is 38.6. The predicted octanol–water partition coefficient (Wildman–Crippen LogP) is 1.58. The number of carboxylic acid groups (broad SMARTS) is 1. The molecule has 0 aliphatic heterocycles. The third kappa shape index (κ3) is 3.76. The Morgan fingerprint density at radius 2 is 1.78 bits per heavy atom. The minimum Gasteiger partial charge on any atom is -0.481 e. The first-order valence-electron chi connectivity index (χ1n) is 5.02. The van der Waals surface area contributed by atoms with E-state index >= 15 is 0 Å². The highest BCUT2D eigenvalue weighted by Crippen LogP contribution is 2.14. The van der Waals surface area contributed by atoms with E-state index < -0.39 is 29.3 Å². The number of nitrogens with one attached hydrogen (secondary N) is 1. The second-order valence-electron chi connectivity index (χ2n) is 3.50. The van der Waals surface area contributed by atoms with Crippen molar-refractivity contribution < 1.29 is 27.9 Å². The van der Waals surface area contributed by atoms with Gasteiger partial charge in [0.1, 0.15) is 0 Å². The number of carboxylic acids is 1. The minimum atomic E-state index is -1.60. The molecule has 1 amide bonds. The van der Waals surface area contributed by atoms with Crippen molar-refractivity contribution in [3.05, 3.63) is 35.1 Å². The number of benzene rings is 1. The fourth-order valence-electron chi connectivity index (χ4n) is 1.21. The highest BCUT2D eigenvalue weighted by molar-refractivity contribution is 5.80. The quantitative estimate of drug-likeness (QED) is 0.791. The molecule has 0 radical (unpaired) electrons. The van der Waals surface area contributed by atoms with E-state index in [1.807, 2.05) is 0 Å². The van der Waals surface area contributed by atoms with Gasteiger partial charge in [-0.2, -0.15) is 0 Å². The maximum atomic E-state index is 13.2. The second-order valence-corrected chi connectivity index (χ2v) is 3.50. The van der Waals surface area contributed by atoms with Gasteiger partial charge in [0.25, 0.3) is 0 Å². The molecular formula is C11H10F3NO3. The van der Waals surface area contributed by atoms with Gasteiger partial charge in [0.05, 0.1) is 6.42 Å². The average molecular weight is 261 g/mol. The van der Waals surface area contributed by atoms with Gasteiger partial charge >= 0.3 is 5.97 Å². The number of amides is 1. The zero-order valence-corrected chi connectivity index (χ0v) is 9.17. The van der Waals surface area contributed by atoms with Crippen LogP contribution in [-0.4, -0.2) is 17.0 Å². The molecule has 1 rings (SSSR count). The summed E-state index contributed by atoms with van der Waals surface area (Å²) in [5, 5.41) is 10.5. The number of rotatable bonds is 5. The Morgan fingerprint density at radius 1 is 1.11 bits per heavy atom. The Balaban J connectivity index is 2.56. The monoisotopic (exact) mass is 261 g/mol. The van der Waals surface area contributed by atoms with Crippen LogP contribution in [0.2, 0.25) is 0 Å². The minimum absolute atomic E-state index is 0.211. The third-order valence-corrected chi connectivity index (χ3v) is 2.16. The number of hydrogen-bond acceptors (Lipinski definition) is 2. The lowest BCUT2D eigenvalue weighted by atomic mass is 10.2. The molecule has 0 aliphatic rings. The molecule has 0 saturated heterocycles. The van der Waals surface area contributed by atoms with Crippen LogP contribution < -0.4 is 5.32 Å². The van der Waals surface area contributed by atoms with Crippen LogP contribution in [0.1, 0.15) is 18.4 Å². The van der Waals surface area contributed by atoms with Crippen LogP contribution in [-0.2, 0) is 16.1 Å². The summed E-state index contributed by atoms with van der Waals surface area (Å²) in [6, 6.07) is 1.75. The van der Waals surface area contributed by atoms with Crippen molar-refractivity contribution in [1.82, 2.24) is 5.32 Å². The van der Waals surface area contributed by atoms with E-state index in [0.29, 0.717) is 0 Å². The SMILES string of the molecule is O=C(O)CCC(=O)NCc1ccc(F)c(F)c1F. The Labute approximate surface area is 100 Å². The van der Waals surface area contributed by atoms with Crippen molar-refractivity contribution in [3.8, 4) is 0 Å². The molecule has 0 bridgehead atoms. The average Bonchev–Trinajstić information content (AvgIpc) is 2.32. The predicted molar refractivity (Wildman–Crippen MR) is 55.0 cm³/mol. The summed E-state index contributed by atoms with van der Waals surface area (Å²) in [7, 11) is 0. The van der Waals surface area contributed by atoms with Crippen LogP contribution in [0.25, 0.3) is 0 Å². The van der Waals surface area contributed by atoms with Crippen LogP contribution in [0, 0.1) is 17.5 Å². The highest BCUT2D eigenvalue weighted by atomic mass is 19.2. The van der Waals surface area contributed by atoms with E-state index in [2.05, 4.69) is 5.32 Å². The van der Waals surface area contributed by atoms with E-state index in [9.17, 15) is 22.8 Å². The normalized spacial score (nSPS) is 10.2. The lowest BCUT2D eigenvalue weighted by Crippen LogP contribution is -2.24. The summed E-state index contributed by atoms with van der Waals surface area (Å²) in [5.41, 5.74) is -0.211. The van der Waals surface area contributed by atoms with Crippen molar-refractivity contribution in [3.63, 3.8) is 0 Å². The van der Waals surface area contributed by atoms with Gasteiger partial charge in [-0.1, -0.05) is 6.07 Å². The van der Waals surface area contributed by atoms with Crippen molar-refractivity contribution in [1.29, 1.82) is 0 Å². The summed E-state index contributed by atoms with van der Waals surface area (Å²) >= 11 is 0. The van der Waals surface area contributed by atoms with Crippen LogP contribution in [0.5, 0.6) is 0 Å². The zero-order chi connectivity index (χ0) is 13.7. The Bertz CT molecular complexity index is 477. The fraction of sp³-hybridized carbons (Fsp3) is 0.273. The zero-order valence-electron chi connectivity index (χ0n) is 9.17. The first-order valence-corrected chi connectivity index (χ1v) is 5.02. The van der Waals surface area contributed by atoms with Gasteiger partial charge in [0.2, 0.25) is 5.91 Å². The molecule has 1 aromatic rings. The summed E-state index contributed by atoms with van der Waals surface area (Å²) in [6.07, 6.45) is -0.618. The molecule has 7 heteroatoms. The molecule has 0 saturated carbocycles. The van der Waals surface area contributed by atoms with E-state index in [1.165, 1.54) is 0 Å². The van der Waals surface area contributed by atoms with Gasteiger partial charge in [-0.05, 0) is 6.07 Å². The third-order valence-electron chi connectivity index (χ3n) is 2.16. The molecule has 1 aromatic carbocycles. The molecule has 0 unspecified atom stereocenters. The Kier molecular flexibility index (Phi) is 4.70. The molecule has 2 N–H and O–H groups in total. The van der Waals surface area contributed by atoms with Crippen LogP contribution >= 0.6 is 0 Å². The smallest absolute Gasteiger partial charge is 0.303 e. The van der Waals surface area contributed by atoms with E-state index in [1.54, 1.807) is 0 Å². The van der Waals surface area contributed by atoms with Crippen molar-refractivity contribution in [2.45, 2.75) is 19.4 Å². The number of hydrogen-bond donors (Lipinski definition) is 2. The van der Waals surface area contributed by atoms with Gasteiger partial charge in [-0.25, -0.2) is 13.2 Å². The van der Waals surface area contributed by atoms with Crippen LogP contribution in [0.4, 0.5) is 13.2 Å². The maximum absolute atomic E-state index is 13.2. The molecular weight excluding hydrogens is 251 g/mol. The van der Waals surface area contributed by atoms with Gasteiger partial charge in [-0.3, -0.25) is 9.59 Å². The lowest BCUT2D eigenvalue weighted by molar-refractivity contribution is -0.138. The van der Waals surface area contributed by atoms with Crippen molar-refractivity contribution in [2.24, 2.45) is 0 Å². The number of aliphatic carboxylic acids is 1. The first kappa shape index (κ1) is 14.0. The fourth-order valence-corrected chi connectivity index (χ4v) is 1.21. The first-order chi connectivity index (χ1) is 8.41. The van der Waals surface area contributed by atoms with Gasteiger partial charge in [-0.15, -0.1) is 0 Å². The van der Waals surface area contributed by atoms with E-state index in [4.69, 9.17) is 5.11 Å². The Morgan fingerprint density at radius 3 is 2.39 bits per heavy atom. The van der Waals surface area contributed by atoms with Gasteiger partial charge in [0.15, 0.2) is 17.5 Å². The van der Waals surface area contributed by atoms with Gasteiger partial charge in [0, 0.05) is 18.5 Å². The molecule has 18 heavy (non-hydrogen) atoms. The molecule has 0 atom stereocenters. The molecule has 0 aromatic heterocycles. The maximum Gasteiger partial charge on any atom is 0.303 e. The van der Waals surface area contributed by atoms with E-state index in [-0.39, 0.29) is 24.9 Å². The molecule has 0 aliphatic carbocycles.